The molecule has 0 bridgehead atoms. The summed E-state index contributed by atoms with van der Waals surface area (Å²) in [7, 11) is 0. The summed E-state index contributed by atoms with van der Waals surface area (Å²) < 4.78 is 0.0314. The first-order chi connectivity index (χ1) is 10.3. The van der Waals surface area contributed by atoms with Crippen molar-refractivity contribution in [2.45, 2.75) is 39.2 Å². The summed E-state index contributed by atoms with van der Waals surface area (Å²) >= 11 is 0. The average Bonchev–Trinajstić information content (AvgIpc) is 2.45. The highest BCUT2D eigenvalue weighted by atomic mass is 16.4. The third kappa shape index (κ3) is 3.19. The zero-order chi connectivity index (χ0) is 16.4. The standard InChI is InChI=1S/C17H27N3O2/c1-17(2,3)20(16(21)22)10-6-7-13(12-20)11-19-15-9-5-4-8-14(15)18/h4-5,8-9,13,19H,6-7,10-12,18H2,1-3H3/t13-,20?/m1/s1. The van der Waals surface area contributed by atoms with E-state index in [-0.39, 0.29) is 10.0 Å². The number of carbonyl (C=O) groups excluding carboxylic acids is 1. The summed E-state index contributed by atoms with van der Waals surface area (Å²) in [6.45, 7) is 7.92. The Bertz CT molecular complexity index is 539. The molecule has 0 saturated carbocycles. The second-order valence-electron chi connectivity index (χ2n) is 7.29. The predicted molar refractivity (Wildman–Crippen MR) is 87.2 cm³/mol. The van der Waals surface area contributed by atoms with Crippen LogP contribution in [-0.2, 0) is 0 Å². The highest BCUT2D eigenvalue weighted by Crippen LogP contribution is 2.33. The lowest BCUT2D eigenvalue weighted by molar-refractivity contribution is -0.926. The Labute approximate surface area is 132 Å². The largest absolute Gasteiger partial charge is 0.498 e. The first-order valence-corrected chi connectivity index (χ1v) is 7.93. The van der Waals surface area contributed by atoms with Gasteiger partial charge in [0.25, 0.3) is 6.09 Å². The molecule has 1 amide bonds. The van der Waals surface area contributed by atoms with Crippen molar-refractivity contribution in [1.82, 2.24) is 0 Å². The number of nitrogens with two attached hydrogens (primary N) is 1. The topological polar surface area (TPSA) is 78.2 Å². The minimum atomic E-state index is -0.962. The summed E-state index contributed by atoms with van der Waals surface area (Å²) in [5, 5.41) is 15.2. The zero-order valence-electron chi connectivity index (χ0n) is 13.8. The lowest BCUT2D eigenvalue weighted by atomic mass is 9.89. The molecule has 1 saturated heterocycles. The fourth-order valence-electron chi connectivity index (χ4n) is 3.40. The lowest BCUT2D eigenvalue weighted by Gasteiger charge is -2.52. The van der Waals surface area contributed by atoms with E-state index in [0.29, 0.717) is 19.0 Å². The SMILES string of the molecule is CC(C)(C)[N+]1(C(=O)[O-])CCC[C@H](CNc2ccccc2N)C1. The van der Waals surface area contributed by atoms with Crippen LogP contribution in [0.5, 0.6) is 0 Å². The second kappa shape index (κ2) is 6.16. The van der Waals surface area contributed by atoms with E-state index in [1.807, 2.05) is 45.0 Å². The first kappa shape index (κ1) is 16.6. The van der Waals surface area contributed by atoms with Crippen molar-refractivity contribution < 1.29 is 14.4 Å². The number of piperidine rings is 1. The Morgan fingerprint density at radius 2 is 2.09 bits per heavy atom. The smallest absolute Gasteiger partial charge is 0.257 e. The molecule has 1 aromatic carbocycles. The van der Waals surface area contributed by atoms with Gasteiger partial charge in [0.15, 0.2) is 0 Å². The summed E-state index contributed by atoms with van der Waals surface area (Å²) in [5.74, 6) is 0.297. The highest BCUT2D eigenvalue weighted by molar-refractivity contribution is 5.65. The molecule has 1 unspecified atom stereocenters. The number of rotatable bonds is 3. The van der Waals surface area contributed by atoms with Gasteiger partial charge in [0.1, 0.15) is 0 Å². The monoisotopic (exact) mass is 305 g/mol. The van der Waals surface area contributed by atoms with E-state index in [0.717, 1.165) is 30.8 Å². The van der Waals surface area contributed by atoms with E-state index in [9.17, 15) is 9.90 Å². The molecule has 1 heterocycles. The van der Waals surface area contributed by atoms with Crippen LogP contribution < -0.4 is 16.2 Å². The maximum absolute atomic E-state index is 11.8. The second-order valence-corrected chi connectivity index (χ2v) is 7.29. The quantitative estimate of drug-likeness (QED) is 0.662. The normalized spacial score (nSPS) is 25.7. The van der Waals surface area contributed by atoms with Gasteiger partial charge in [-0.3, -0.25) is 4.48 Å². The van der Waals surface area contributed by atoms with E-state index in [2.05, 4.69) is 5.32 Å². The van der Waals surface area contributed by atoms with E-state index in [1.165, 1.54) is 0 Å². The molecule has 1 aliphatic heterocycles. The Morgan fingerprint density at radius 1 is 1.41 bits per heavy atom. The van der Waals surface area contributed by atoms with Crippen molar-refractivity contribution in [3.8, 4) is 0 Å². The number of hydrogen-bond acceptors (Lipinski definition) is 4. The van der Waals surface area contributed by atoms with Crippen molar-refractivity contribution in [1.29, 1.82) is 0 Å². The van der Waals surface area contributed by atoms with Crippen molar-refractivity contribution in [3.63, 3.8) is 0 Å². The Hall–Kier alpha value is -1.75. The molecule has 1 fully saturated rings. The lowest BCUT2D eigenvalue weighted by Crippen LogP contribution is -2.71. The van der Waals surface area contributed by atoms with Gasteiger partial charge in [0.05, 0.1) is 30.0 Å². The Balaban J connectivity index is 2.07. The van der Waals surface area contributed by atoms with Gasteiger partial charge >= 0.3 is 0 Å². The van der Waals surface area contributed by atoms with Crippen LogP contribution in [0.3, 0.4) is 0 Å². The summed E-state index contributed by atoms with van der Waals surface area (Å²) in [4.78, 5) is 11.8. The van der Waals surface area contributed by atoms with E-state index in [4.69, 9.17) is 5.73 Å². The molecule has 1 aromatic rings. The van der Waals surface area contributed by atoms with E-state index < -0.39 is 6.09 Å². The number of carboxylic acid groups (broad SMARTS) is 1. The molecule has 0 aromatic heterocycles. The third-order valence-electron chi connectivity index (χ3n) is 4.90. The number of hydrogen-bond donors (Lipinski definition) is 2. The van der Waals surface area contributed by atoms with Crippen LogP contribution in [0.15, 0.2) is 24.3 Å². The fourth-order valence-corrected chi connectivity index (χ4v) is 3.40. The molecule has 1 aliphatic rings. The third-order valence-corrected chi connectivity index (χ3v) is 4.90. The van der Waals surface area contributed by atoms with Crippen molar-refractivity contribution >= 4 is 17.5 Å². The van der Waals surface area contributed by atoms with Gasteiger partial charge in [-0.05, 0) is 45.7 Å². The van der Waals surface area contributed by atoms with Gasteiger partial charge in [0, 0.05) is 12.5 Å². The maximum atomic E-state index is 11.8. The summed E-state index contributed by atoms with van der Waals surface area (Å²) in [5.41, 5.74) is 7.21. The van der Waals surface area contributed by atoms with E-state index in [1.54, 1.807) is 0 Å². The first-order valence-electron chi connectivity index (χ1n) is 7.93. The predicted octanol–water partition coefficient (Wildman–Crippen LogP) is 2.05. The molecule has 5 nitrogen and oxygen atoms in total. The summed E-state index contributed by atoms with van der Waals surface area (Å²) in [6, 6.07) is 7.65. The maximum Gasteiger partial charge on any atom is 0.257 e. The number of anilines is 2. The van der Waals surface area contributed by atoms with Gasteiger partial charge < -0.3 is 21.0 Å². The fraction of sp³-hybridized carbons (Fsp3) is 0.588. The number of para-hydroxylation sites is 2. The Kier molecular flexibility index (Phi) is 4.66. The molecule has 2 rings (SSSR count). The van der Waals surface area contributed by atoms with Crippen molar-refractivity contribution in [3.05, 3.63) is 24.3 Å². The van der Waals surface area contributed by atoms with Crippen LogP contribution in [0.4, 0.5) is 16.2 Å². The van der Waals surface area contributed by atoms with Gasteiger partial charge in [0.2, 0.25) is 0 Å². The van der Waals surface area contributed by atoms with E-state index >= 15 is 0 Å². The number of nitrogen functional groups attached to an aromatic ring is 1. The number of nitrogens with one attached hydrogen (secondary N) is 1. The molecule has 0 radical (unpaired) electrons. The minimum absolute atomic E-state index is 0.0314. The molecule has 0 spiro atoms. The Morgan fingerprint density at radius 3 is 2.68 bits per heavy atom. The van der Waals surface area contributed by atoms with Crippen LogP contribution >= 0.6 is 0 Å². The van der Waals surface area contributed by atoms with Gasteiger partial charge in [-0.15, -0.1) is 0 Å². The van der Waals surface area contributed by atoms with Crippen LogP contribution in [0.2, 0.25) is 0 Å². The van der Waals surface area contributed by atoms with Gasteiger partial charge in [-0.1, -0.05) is 12.1 Å². The van der Waals surface area contributed by atoms with Crippen LogP contribution in [0, 0.1) is 5.92 Å². The molecular formula is C17H27N3O2. The van der Waals surface area contributed by atoms with Gasteiger partial charge in [-0.2, -0.15) is 0 Å². The van der Waals surface area contributed by atoms with Crippen molar-refractivity contribution in [2.24, 2.45) is 5.92 Å². The zero-order valence-corrected chi connectivity index (χ0v) is 13.8. The molecule has 122 valence electrons. The number of quaternary nitrogens is 1. The molecule has 5 heteroatoms. The molecular weight excluding hydrogens is 278 g/mol. The average molecular weight is 305 g/mol. The van der Waals surface area contributed by atoms with Crippen molar-refractivity contribution in [2.75, 3.05) is 30.7 Å². The van der Waals surface area contributed by atoms with Crippen LogP contribution in [-0.4, -0.2) is 35.7 Å². The molecule has 0 aliphatic carbocycles. The van der Waals surface area contributed by atoms with Crippen LogP contribution in [0.1, 0.15) is 33.6 Å². The highest BCUT2D eigenvalue weighted by Gasteiger charge is 2.46. The molecule has 2 atom stereocenters. The minimum Gasteiger partial charge on any atom is -0.498 e. The summed E-state index contributed by atoms with van der Waals surface area (Å²) in [6.07, 6.45) is 0.974. The number of nitrogens with zero attached hydrogens (tertiary/aromatic N) is 1. The number of amides is 1. The number of carbonyl (C=O) groups is 1. The van der Waals surface area contributed by atoms with Crippen LogP contribution in [0.25, 0.3) is 0 Å². The molecule has 22 heavy (non-hydrogen) atoms. The van der Waals surface area contributed by atoms with Gasteiger partial charge in [-0.25, -0.2) is 0 Å². The number of benzene rings is 1. The molecule has 3 N–H and O–H groups in total. The number of likely N-dealkylation sites (tertiary alicyclic amines) is 1.